The fourth-order valence-corrected chi connectivity index (χ4v) is 3.01. The molecule has 6 heteroatoms. The van der Waals surface area contributed by atoms with Gasteiger partial charge in [0, 0.05) is 18.4 Å². The summed E-state index contributed by atoms with van der Waals surface area (Å²) in [6.45, 7) is 2.82. The lowest BCUT2D eigenvalue weighted by atomic mass is 10.1. The lowest BCUT2D eigenvalue weighted by Crippen LogP contribution is -2.31. The second-order valence-corrected chi connectivity index (χ2v) is 5.50. The van der Waals surface area contributed by atoms with Gasteiger partial charge >= 0.3 is 0 Å². The monoisotopic (exact) mass is 287 g/mol. The van der Waals surface area contributed by atoms with Gasteiger partial charge in [0.1, 0.15) is 0 Å². The second kappa shape index (κ2) is 5.63. The lowest BCUT2D eigenvalue weighted by molar-refractivity contribution is 0.0728. The summed E-state index contributed by atoms with van der Waals surface area (Å²) in [5, 5.41) is 7.04. The second-order valence-electron chi connectivity index (χ2n) is 5.50. The molecule has 21 heavy (non-hydrogen) atoms. The first-order valence-electron chi connectivity index (χ1n) is 7.49. The zero-order chi connectivity index (χ0) is 14.8. The molecule has 0 saturated carbocycles. The fraction of sp³-hybridized carbons (Fsp3) is 0.467. The van der Waals surface area contributed by atoms with E-state index in [1.165, 1.54) is 0 Å². The first kappa shape index (κ1) is 13.7. The average Bonchev–Trinajstić information content (AvgIpc) is 3.19. The molecule has 1 aliphatic rings. The molecule has 2 aromatic heterocycles. The number of aromatic nitrogens is 3. The number of carbonyl (C=O) groups is 1. The zero-order valence-electron chi connectivity index (χ0n) is 12.2. The van der Waals surface area contributed by atoms with E-state index in [-0.39, 0.29) is 11.9 Å². The highest BCUT2D eigenvalue weighted by Gasteiger charge is 2.33. The zero-order valence-corrected chi connectivity index (χ0v) is 12.2. The van der Waals surface area contributed by atoms with Crippen LogP contribution in [0.2, 0.25) is 0 Å². The quantitative estimate of drug-likeness (QED) is 0.805. The number of aromatic amines is 2. The molecule has 0 spiro atoms. The summed E-state index contributed by atoms with van der Waals surface area (Å²) in [5.74, 6) is -0.0804. The van der Waals surface area contributed by atoms with Crippen LogP contribution in [0.3, 0.4) is 0 Å². The normalized spacial score (nSPS) is 18.3. The number of nitrogens with one attached hydrogen (secondary N) is 2. The van der Waals surface area contributed by atoms with E-state index in [1.807, 2.05) is 23.2 Å². The van der Waals surface area contributed by atoms with Crippen LogP contribution in [-0.4, -0.2) is 32.5 Å². The van der Waals surface area contributed by atoms with Gasteiger partial charge in [-0.25, -0.2) is 0 Å². The maximum absolute atomic E-state index is 12.7. The number of hydrogen-bond donors (Lipinski definition) is 3. The SMILES string of the molecule is CCCc1[nH]nc(C(=O)N2CCCC2c2ccc[nH]2)c1N. The smallest absolute Gasteiger partial charge is 0.277 e. The molecular formula is C15H21N5O. The third-order valence-corrected chi connectivity index (χ3v) is 4.08. The fourth-order valence-electron chi connectivity index (χ4n) is 3.01. The Morgan fingerprint density at radius 3 is 3.14 bits per heavy atom. The topological polar surface area (TPSA) is 90.8 Å². The van der Waals surface area contributed by atoms with E-state index in [0.717, 1.165) is 43.6 Å². The van der Waals surface area contributed by atoms with Gasteiger partial charge in [0.25, 0.3) is 5.91 Å². The largest absolute Gasteiger partial charge is 0.395 e. The molecule has 0 aliphatic carbocycles. The summed E-state index contributed by atoms with van der Waals surface area (Å²) >= 11 is 0. The number of hydrogen-bond acceptors (Lipinski definition) is 3. The Morgan fingerprint density at radius 2 is 2.43 bits per heavy atom. The average molecular weight is 287 g/mol. The van der Waals surface area contributed by atoms with Gasteiger partial charge in [0.2, 0.25) is 0 Å². The number of H-pyrrole nitrogens is 2. The molecule has 1 aliphatic heterocycles. The molecule has 4 N–H and O–H groups in total. The van der Waals surface area contributed by atoms with E-state index in [1.54, 1.807) is 0 Å². The van der Waals surface area contributed by atoms with Gasteiger partial charge < -0.3 is 15.6 Å². The molecule has 1 saturated heterocycles. The molecule has 6 nitrogen and oxygen atoms in total. The maximum atomic E-state index is 12.7. The van der Waals surface area contributed by atoms with Crippen molar-refractivity contribution < 1.29 is 4.79 Å². The minimum Gasteiger partial charge on any atom is -0.395 e. The molecule has 1 atom stereocenters. The molecule has 0 aromatic carbocycles. The summed E-state index contributed by atoms with van der Waals surface area (Å²) in [7, 11) is 0. The minimum absolute atomic E-state index is 0.0804. The van der Waals surface area contributed by atoms with Crippen LogP contribution >= 0.6 is 0 Å². The molecule has 0 bridgehead atoms. The Bertz CT molecular complexity index is 616. The number of likely N-dealkylation sites (tertiary alicyclic amines) is 1. The number of anilines is 1. The first-order chi connectivity index (χ1) is 10.2. The third-order valence-electron chi connectivity index (χ3n) is 4.08. The van der Waals surface area contributed by atoms with Crippen molar-refractivity contribution in [2.24, 2.45) is 0 Å². The van der Waals surface area contributed by atoms with Gasteiger partial charge in [0.05, 0.1) is 17.4 Å². The summed E-state index contributed by atoms with van der Waals surface area (Å²) in [6, 6.07) is 4.07. The van der Waals surface area contributed by atoms with Crippen molar-refractivity contribution in [1.82, 2.24) is 20.1 Å². The summed E-state index contributed by atoms with van der Waals surface area (Å²) < 4.78 is 0. The Balaban J connectivity index is 1.84. The number of aryl methyl sites for hydroxylation is 1. The highest BCUT2D eigenvalue weighted by molar-refractivity contribution is 5.98. The molecule has 1 amide bonds. The van der Waals surface area contributed by atoms with Crippen LogP contribution in [-0.2, 0) is 6.42 Å². The highest BCUT2D eigenvalue weighted by atomic mass is 16.2. The van der Waals surface area contributed by atoms with Crippen LogP contribution in [0, 0.1) is 0 Å². The number of nitrogens with two attached hydrogens (primary N) is 1. The van der Waals surface area contributed by atoms with Crippen LogP contribution < -0.4 is 5.73 Å². The van der Waals surface area contributed by atoms with Crippen LogP contribution in [0.15, 0.2) is 18.3 Å². The van der Waals surface area contributed by atoms with Gasteiger partial charge in [-0.05, 0) is 31.4 Å². The molecule has 1 unspecified atom stereocenters. The number of rotatable bonds is 4. The Labute approximate surface area is 123 Å². The van der Waals surface area contributed by atoms with Crippen LogP contribution in [0.4, 0.5) is 5.69 Å². The Kier molecular flexibility index (Phi) is 3.68. The van der Waals surface area contributed by atoms with E-state index in [0.29, 0.717) is 11.4 Å². The standard InChI is InChI=1S/C15H21N5O/c1-2-5-11-13(16)14(19-18-11)15(21)20-9-4-7-12(20)10-6-3-8-17-10/h3,6,8,12,17H,2,4-5,7,9,16H2,1H3,(H,18,19). The van der Waals surface area contributed by atoms with Crippen molar-refractivity contribution >= 4 is 11.6 Å². The van der Waals surface area contributed by atoms with Crippen LogP contribution in [0.1, 0.15) is 54.1 Å². The summed E-state index contributed by atoms with van der Waals surface area (Å²) in [5.41, 5.74) is 8.86. The third kappa shape index (κ3) is 2.41. The number of carbonyl (C=O) groups excluding carboxylic acids is 1. The summed E-state index contributed by atoms with van der Waals surface area (Å²) in [4.78, 5) is 17.8. The maximum Gasteiger partial charge on any atom is 0.277 e. The highest BCUT2D eigenvalue weighted by Crippen LogP contribution is 2.33. The Hall–Kier alpha value is -2.24. The lowest BCUT2D eigenvalue weighted by Gasteiger charge is -2.23. The molecule has 1 fully saturated rings. The van der Waals surface area contributed by atoms with Gasteiger partial charge in [0.15, 0.2) is 5.69 Å². The van der Waals surface area contributed by atoms with Crippen LogP contribution in [0.5, 0.6) is 0 Å². The first-order valence-corrected chi connectivity index (χ1v) is 7.49. The molecule has 112 valence electrons. The van der Waals surface area contributed by atoms with E-state index in [4.69, 9.17) is 5.73 Å². The van der Waals surface area contributed by atoms with E-state index in [9.17, 15) is 4.79 Å². The molecular weight excluding hydrogens is 266 g/mol. The van der Waals surface area contributed by atoms with Crippen molar-refractivity contribution in [1.29, 1.82) is 0 Å². The number of amides is 1. The molecule has 3 rings (SSSR count). The van der Waals surface area contributed by atoms with Gasteiger partial charge in [-0.2, -0.15) is 5.10 Å². The molecule has 3 heterocycles. The van der Waals surface area contributed by atoms with Gasteiger partial charge in [-0.15, -0.1) is 0 Å². The van der Waals surface area contributed by atoms with E-state index in [2.05, 4.69) is 22.1 Å². The van der Waals surface area contributed by atoms with Crippen molar-refractivity contribution in [3.63, 3.8) is 0 Å². The van der Waals surface area contributed by atoms with Crippen molar-refractivity contribution in [2.75, 3.05) is 12.3 Å². The predicted molar refractivity (Wildman–Crippen MR) is 80.8 cm³/mol. The van der Waals surface area contributed by atoms with E-state index < -0.39 is 0 Å². The molecule has 2 aromatic rings. The molecule has 0 radical (unpaired) electrons. The van der Waals surface area contributed by atoms with Crippen molar-refractivity contribution in [2.45, 2.75) is 38.6 Å². The van der Waals surface area contributed by atoms with E-state index >= 15 is 0 Å². The Morgan fingerprint density at radius 1 is 1.57 bits per heavy atom. The van der Waals surface area contributed by atoms with Gasteiger partial charge in [-0.1, -0.05) is 13.3 Å². The predicted octanol–water partition coefficient (Wildman–Crippen LogP) is 2.25. The summed E-state index contributed by atoms with van der Waals surface area (Å²) in [6.07, 6.45) is 5.64. The van der Waals surface area contributed by atoms with Crippen LogP contribution in [0.25, 0.3) is 0 Å². The van der Waals surface area contributed by atoms with Crippen molar-refractivity contribution in [3.05, 3.63) is 35.4 Å². The van der Waals surface area contributed by atoms with Gasteiger partial charge in [-0.3, -0.25) is 9.89 Å². The minimum atomic E-state index is -0.0804. The van der Waals surface area contributed by atoms with Crippen molar-refractivity contribution in [3.8, 4) is 0 Å². The number of nitrogen functional groups attached to an aromatic ring is 1. The number of nitrogens with zero attached hydrogens (tertiary/aromatic N) is 2.